The summed E-state index contributed by atoms with van der Waals surface area (Å²) < 4.78 is 0. The molecule has 2 nitrogen and oxygen atoms in total. The molecule has 2 aromatic carbocycles. The molecule has 0 saturated carbocycles. The van der Waals surface area contributed by atoms with E-state index in [1.807, 2.05) is 0 Å². The average Bonchev–Trinajstić information content (AvgIpc) is 2.64. The number of hydrogen-bond donors (Lipinski definition) is 1. The molecule has 0 unspecified atom stereocenters. The van der Waals surface area contributed by atoms with Gasteiger partial charge in [-0.25, -0.2) is 0 Å². The molecular weight excluding hydrogens is 280 g/mol. The van der Waals surface area contributed by atoms with Crippen LogP contribution in [0.2, 0.25) is 0 Å². The van der Waals surface area contributed by atoms with Gasteiger partial charge in [-0.05, 0) is 74.5 Å². The third-order valence-corrected chi connectivity index (χ3v) is 5.66. The summed E-state index contributed by atoms with van der Waals surface area (Å²) in [5.74, 6) is 0.848. The second-order valence-electron chi connectivity index (χ2n) is 7.23. The summed E-state index contributed by atoms with van der Waals surface area (Å²) >= 11 is 0. The second-order valence-corrected chi connectivity index (χ2v) is 7.23. The van der Waals surface area contributed by atoms with Gasteiger partial charge < -0.3 is 10.2 Å². The minimum absolute atomic E-state index is 0.848. The largest absolute Gasteiger partial charge is 0.371 e. The van der Waals surface area contributed by atoms with Crippen molar-refractivity contribution >= 4 is 16.5 Å². The summed E-state index contributed by atoms with van der Waals surface area (Å²) in [7, 11) is 0. The molecule has 4 rings (SSSR count). The number of piperidine rings is 2. The van der Waals surface area contributed by atoms with Gasteiger partial charge in [-0.15, -0.1) is 0 Å². The van der Waals surface area contributed by atoms with Crippen LogP contribution < -0.4 is 10.2 Å². The standard InChI is InChI=1S/C21H28N2/c1-4-14-23(15-5-1)21-9-8-18(16-17-10-12-22-13-11-17)19-6-2-3-7-20(19)21/h2-3,6-9,17,22H,1,4-5,10-16H2. The molecule has 2 aliphatic heterocycles. The van der Waals surface area contributed by atoms with Gasteiger partial charge in [0.1, 0.15) is 0 Å². The lowest BCUT2D eigenvalue weighted by Gasteiger charge is -2.30. The highest BCUT2D eigenvalue weighted by molar-refractivity contribution is 5.96. The summed E-state index contributed by atoms with van der Waals surface area (Å²) in [6, 6.07) is 13.9. The van der Waals surface area contributed by atoms with Gasteiger partial charge in [0.25, 0.3) is 0 Å². The summed E-state index contributed by atoms with van der Waals surface area (Å²) in [5, 5.41) is 6.42. The third-order valence-electron chi connectivity index (χ3n) is 5.66. The molecule has 122 valence electrons. The first-order chi connectivity index (χ1) is 11.4. The number of anilines is 1. The first kappa shape index (κ1) is 15.0. The van der Waals surface area contributed by atoms with E-state index < -0.39 is 0 Å². The van der Waals surface area contributed by atoms with Gasteiger partial charge in [0.05, 0.1) is 0 Å². The minimum Gasteiger partial charge on any atom is -0.371 e. The molecule has 23 heavy (non-hydrogen) atoms. The first-order valence-corrected chi connectivity index (χ1v) is 9.38. The van der Waals surface area contributed by atoms with E-state index in [1.165, 1.54) is 81.2 Å². The molecule has 2 aromatic rings. The Morgan fingerprint density at radius 2 is 1.61 bits per heavy atom. The maximum atomic E-state index is 3.48. The molecule has 0 aromatic heterocycles. The predicted octanol–water partition coefficient (Wildman–Crippen LogP) is 4.37. The Balaban J connectivity index is 1.67. The van der Waals surface area contributed by atoms with E-state index in [1.54, 1.807) is 5.56 Å². The quantitative estimate of drug-likeness (QED) is 0.905. The molecule has 0 bridgehead atoms. The maximum Gasteiger partial charge on any atom is 0.0446 e. The summed E-state index contributed by atoms with van der Waals surface area (Å²) in [4.78, 5) is 2.60. The molecule has 2 saturated heterocycles. The van der Waals surface area contributed by atoms with Crippen LogP contribution in [-0.4, -0.2) is 26.2 Å². The zero-order valence-corrected chi connectivity index (χ0v) is 14.1. The lowest BCUT2D eigenvalue weighted by Crippen LogP contribution is -2.30. The summed E-state index contributed by atoms with van der Waals surface area (Å²) in [6.45, 7) is 4.82. The molecule has 0 amide bonds. The lowest BCUT2D eigenvalue weighted by molar-refractivity contribution is 0.373. The molecule has 0 atom stereocenters. The molecule has 0 aliphatic carbocycles. The molecule has 2 fully saturated rings. The second kappa shape index (κ2) is 6.92. The monoisotopic (exact) mass is 308 g/mol. The van der Waals surface area contributed by atoms with Crippen molar-refractivity contribution in [3.05, 3.63) is 42.0 Å². The van der Waals surface area contributed by atoms with Crippen LogP contribution in [0.15, 0.2) is 36.4 Å². The van der Waals surface area contributed by atoms with Crippen molar-refractivity contribution < 1.29 is 0 Å². The van der Waals surface area contributed by atoms with Crippen molar-refractivity contribution in [2.75, 3.05) is 31.1 Å². The van der Waals surface area contributed by atoms with Crippen molar-refractivity contribution in [1.82, 2.24) is 5.32 Å². The summed E-state index contributed by atoms with van der Waals surface area (Å²) in [6.07, 6.45) is 7.95. The van der Waals surface area contributed by atoms with E-state index in [0.29, 0.717) is 0 Å². The average molecular weight is 308 g/mol. The van der Waals surface area contributed by atoms with E-state index in [0.717, 1.165) is 5.92 Å². The molecule has 2 heterocycles. The highest BCUT2D eigenvalue weighted by atomic mass is 15.1. The number of hydrogen-bond acceptors (Lipinski definition) is 2. The number of nitrogens with zero attached hydrogens (tertiary/aromatic N) is 1. The van der Waals surface area contributed by atoms with Crippen molar-refractivity contribution in [2.24, 2.45) is 5.92 Å². The van der Waals surface area contributed by atoms with E-state index in [4.69, 9.17) is 0 Å². The molecule has 2 heteroatoms. The molecule has 0 radical (unpaired) electrons. The van der Waals surface area contributed by atoms with Crippen molar-refractivity contribution in [2.45, 2.75) is 38.5 Å². The fraction of sp³-hybridized carbons (Fsp3) is 0.524. The number of nitrogens with one attached hydrogen (secondary N) is 1. The van der Waals surface area contributed by atoms with Crippen LogP contribution in [0.3, 0.4) is 0 Å². The van der Waals surface area contributed by atoms with Crippen LogP contribution in [0.25, 0.3) is 10.8 Å². The predicted molar refractivity (Wildman–Crippen MR) is 99.3 cm³/mol. The number of benzene rings is 2. The van der Waals surface area contributed by atoms with E-state index >= 15 is 0 Å². The molecule has 1 N–H and O–H groups in total. The van der Waals surface area contributed by atoms with Crippen molar-refractivity contribution in [3.63, 3.8) is 0 Å². The van der Waals surface area contributed by atoms with Gasteiger partial charge in [0.15, 0.2) is 0 Å². The van der Waals surface area contributed by atoms with Gasteiger partial charge in [-0.2, -0.15) is 0 Å². The van der Waals surface area contributed by atoms with E-state index in [9.17, 15) is 0 Å². The lowest BCUT2D eigenvalue weighted by atomic mass is 9.88. The van der Waals surface area contributed by atoms with Crippen LogP contribution in [0.1, 0.15) is 37.7 Å². The van der Waals surface area contributed by atoms with Gasteiger partial charge in [0.2, 0.25) is 0 Å². The van der Waals surface area contributed by atoms with Crippen LogP contribution >= 0.6 is 0 Å². The fourth-order valence-corrected chi connectivity index (χ4v) is 4.33. The molecule has 2 aliphatic rings. The van der Waals surface area contributed by atoms with E-state index in [2.05, 4.69) is 46.6 Å². The minimum atomic E-state index is 0.848. The Hall–Kier alpha value is -1.54. The molecular formula is C21H28N2. The zero-order valence-electron chi connectivity index (χ0n) is 14.1. The zero-order chi connectivity index (χ0) is 15.5. The Bertz CT molecular complexity index is 652. The van der Waals surface area contributed by atoms with Gasteiger partial charge in [-0.1, -0.05) is 30.3 Å². The Morgan fingerprint density at radius 3 is 2.39 bits per heavy atom. The smallest absolute Gasteiger partial charge is 0.0446 e. The van der Waals surface area contributed by atoms with Crippen LogP contribution in [0, 0.1) is 5.92 Å². The number of rotatable bonds is 3. The van der Waals surface area contributed by atoms with Crippen molar-refractivity contribution in [1.29, 1.82) is 0 Å². The van der Waals surface area contributed by atoms with Crippen LogP contribution in [0.5, 0.6) is 0 Å². The van der Waals surface area contributed by atoms with Gasteiger partial charge >= 0.3 is 0 Å². The Morgan fingerprint density at radius 1 is 0.870 bits per heavy atom. The fourth-order valence-electron chi connectivity index (χ4n) is 4.33. The SMILES string of the molecule is c1ccc2c(N3CCCCC3)ccc(CC3CCNCC3)c2c1. The first-order valence-electron chi connectivity index (χ1n) is 9.38. The van der Waals surface area contributed by atoms with Crippen molar-refractivity contribution in [3.8, 4) is 0 Å². The van der Waals surface area contributed by atoms with Crippen LogP contribution in [-0.2, 0) is 6.42 Å². The third kappa shape index (κ3) is 3.23. The van der Waals surface area contributed by atoms with Gasteiger partial charge in [0, 0.05) is 24.2 Å². The summed E-state index contributed by atoms with van der Waals surface area (Å²) in [5.41, 5.74) is 3.00. The van der Waals surface area contributed by atoms with Crippen LogP contribution in [0.4, 0.5) is 5.69 Å². The van der Waals surface area contributed by atoms with E-state index in [-0.39, 0.29) is 0 Å². The number of fused-ring (bicyclic) bond motifs is 1. The topological polar surface area (TPSA) is 15.3 Å². The Labute approximate surface area is 139 Å². The van der Waals surface area contributed by atoms with Gasteiger partial charge in [-0.3, -0.25) is 0 Å². The highest BCUT2D eigenvalue weighted by Gasteiger charge is 2.18. The highest BCUT2D eigenvalue weighted by Crippen LogP contribution is 2.33. The maximum absolute atomic E-state index is 3.48. The normalized spacial score (nSPS) is 20.1. The molecule has 0 spiro atoms. The Kier molecular flexibility index (Phi) is 4.52.